The minimum atomic E-state index is -1.27. The van der Waals surface area contributed by atoms with Crippen LogP contribution in [-0.2, 0) is 23.9 Å². The average Bonchev–Trinajstić information content (AvgIpc) is 2.55. The van der Waals surface area contributed by atoms with Crippen LogP contribution in [0.15, 0.2) is 30.3 Å². The number of anilines is 1. The van der Waals surface area contributed by atoms with E-state index in [-0.39, 0.29) is 19.1 Å². The van der Waals surface area contributed by atoms with Crippen LogP contribution in [-0.4, -0.2) is 38.1 Å². The Balaban J connectivity index is 2.98. The summed E-state index contributed by atoms with van der Waals surface area (Å²) in [4.78, 5) is 38.2. The first kappa shape index (κ1) is 18.7. The van der Waals surface area contributed by atoms with E-state index in [1.165, 1.54) is 11.8 Å². The van der Waals surface area contributed by atoms with E-state index in [4.69, 9.17) is 9.47 Å². The smallest absolute Gasteiger partial charge is 0.321 e. The summed E-state index contributed by atoms with van der Waals surface area (Å²) in [5.41, 5.74) is 0.677. The Morgan fingerprint density at radius 3 is 1.91 bits per heavy atom. The Morgan fingerprint density at radius 1 is 1.00 bits per heavy atom. The van der Waals surface area contributed by atoms with Gasteiger partial charge in [0.25, 0.3) is 0 Å². The quantitative estimate of drug-likeness (QED) is 0.567. The highest BCUT2D eigenvalue weighted by atomic mass is 16.6. The van der Waals surface area contributed by atoms with Crippen LogP contribution in [0.5, 0.6) is 0 Å². The highest BCUT2D eigenvalue weighted by Gasteiger charge is 2.40. The molecule has 1 rings (SSSR count). The van der Waals surface area contributed by atoms with Crippen LogP contribution in [0.2, 0.25) is 0 Å². The van der Waals surface area contributed by atoms with E-state index < -0.39 is 23.8 Å². The van der Waals surface area contributed by atoms with Crippen molar-refractivity contribution in [2.75, 3.05) is 25.2 Å². The minimum absolute atomic E-state index is 0.129. The molecule has 0 N–H and O–H groups in total. The number of amides is 1. The van der Waals surface area contributed by atoms with Gasteiger partial charge in [-0.25, -0.2) is 0 Å². The number of rotatable bonds is 7. The predicted octanol–water partition coefficient (Wildman–Crippen LogP) is 2.03. The van der Waals surface area contributed by atoms with Crippen LogP contribution in [0.25, 0.3) is 0 Å². The number of nitrogens with zero attached hydrogens (tertiary/aromatic N) is 1. The second-order valence-corrected chi connectivity index (χ2v) is 5.00. The van der Waals surface area contributed by atoms with Crippen molar-refractivity contribution in [1.29, 1.82) is 0 Å². The Kier molecular flexibility index (Phi) is 7.25. The van der Waals surface area contributed by atoms with E-state index in [1.807, 2.05) is 6.07 Å². The van der Waals surface area contributed by atoms with E-state index in [0.29, 0.717) is 5.69 Å². The number of carbonyl (C=O) groups is 3. The zero-order valence-electron chi connectivity index (χ0n) is 13.9. The second-order valence-electron chi connectivity index (χ2n) is 5.00. The molecule has 1 unspecified atom stereocenters. The van der Waals surface area contributed by atoms with Gasteiger partial charge in [-0.3, -0.25) is 14.4 Å². The van der Waals surface area contributed by atoms with E-state index >= 15 is 0 Å². The molecule has 0 aromatic heterocycles. The molecule has 0 aliphatic rings. The van der Waals surface area contributed by atoms with Gasteiger partial charge in [0.05, 0.1) is 19.1 Å². The molecule has 1 aromatic carbocycles. The molecule has 6 heteroatoms. The number of hydrogen-bond donors (Lipinski definition) is 0. The molecule has 0 fully saturated rings. The molecule has 0 aliphatic carbocycles. The van der Waals surface area contributed by atoms with Crippen LogP contribution >= 0.6 is 0 Å². The molecule has 0 saturated heterocycles. The van der Waals surface area contributed by atoms with Gasteiger partial charge in [0.1, 0.15) is 0 Å². The van der Waals surface area contributed by atoms with Crippen molar-refractivity contribution in [2.24, 2.45) is 11.8 Å². The molecule has 6 nitrogen and oxygen atoms in total. The van der Waals surface area contributed by atoms with E-state index in [2.05, 4.69) is 0 Å². The molecule has 1 atom stereocenters. The van der Waals surface area contributed by atoms with Gasteiger partial charge in [-0.05, 0) is 26.0 Å². The highest BCUT2D eigenvalue weighted by molar-refractivity contribution is 6.03. The number of carbonyl (C=O) groups excluding carboxylic acids is 3. The maximum absolute atomic E-state index is 12.6. The zero-order valence-corrected chi connectivity index (χ0v) is 13.9. The Hall–Kier alpha value is -2.37. The lowest BCUT2D eigenvalue weighted by atomic mass is 9.92. The summed E-state index contributed by atoms with van der Waals surface area (Å²) in [6.45, 7) is 5.07. The first-order valence-electron chi connectivity index (χ1n) is 7.59. The van der Waals surface area contributed by atoms with E-state index in [1.54, 1.807) is 45.2 Å². The number of benzene rings is 1. The summed E-state index contributed by atoms with van der Waals surface area (Å²) < 4.78 is 9.84. The Labute approximate surface area is 136 Å². The van der Waals surface area contributed by atoms with E-state index in [0.717, 1.165) is 0 Å². The van der Waals surface area contributed by atoms with Gasteiger partial charge in [-0.15, -0.1) is 0 Å². The molecule has 23 heavy (non-hydrogen) atoms. The van der Waals surface area contributed by atoms with Gasteiger partial charge in [-0.1, -0.05) is 25.1 Å². The summed E-state index contributed by atoms with van der Waals surface area (Å²) in [5.74, 6) is -4.00. The van der Waals surface area contributed by atoms with Crippen LogP contribution < -0.4 is 4.90 Å². The number of hydrogen-bond acceptors (Lipinski definition) is 5. The summed E-state index contributed by atoms with van der Waals surface area (Å²) in [5, 5.41) is 0. The lowest BCUT2D eigenvalue weighted by Crippen LogP contribution is -2.42. The maximum atomic E-state index is 12.6. The van der Waals surface area contributed by atoms with Gasteiger partial charge in [-0.2, -0.15) is 0 Å². The lowest BCUT2D eigenvalue weighted by Gasteiger charge is -2.25. The second kappa shape index (κ2) is 8.92. The first-order chi connectivity index (χ1) is 10.9. The van der Waals surface area contributed by atoms with Crippen LogP contribution in [0, 0.1) is 11.8 Å². The molecule has 126 valence electrons. The fourth-order valence-corrected chi connectivity index (χ4v) is 2.20. The maximum Gasteiger partial charge on any atom is 0.321 e. The molecular formula is C17H23NO5. The van der Waals surface area contributed by atoms with Crippen LogP contribution in [0.1, 0.15) is 20.8 Å². The minimum Gasteiger partial charge on any atom is -0.465 e. The standard InChI is InChI=1S/C17H23NO5/c1-5-22-16(20)14(17(21)23-6-2)12(3)15(19)18(4)13-10-8-7-9-11-13/h7-12,14H,5-6H2,1-4H3. The average molecular weight is 321 g/mol. The van der Waals surface area contributed by atoms with Crippen molar-refractivity contribution < 1.29 is 23.9 Å². The van der Waals surface area contributed by atoms with Crippen LogP contribution in [0.4, 0.5) is 5.69 Å². The topological polar surface area (TPSA) is 72.9 Å². The molecule has 0 radical (unpaired) electrons. The normalized spacial score (nSPS) is 11.7. The molecule has 0 spiro atoms. The van der Waals surface area contributed by atoms with Crippen molar-refractivity contribution in [3.05, 3.63) is 30.3 Å². The third kappa shape index (κ3) is 4.81. The molecule has 1 amide bonds. The van der Waals surface area contributed by atoms with Crippen molar-refractivity contribution in [1.82, 2.24) is 0 Å². The Morgan fingerprint density at radius 2 is 1.48 bits per heavy atom. The number of esters is 2. The van der Waals surface area contributed by atoms with Gasteiger partial charge >= 0.3 is 11.9 Å². The summed E-state index contributed by atoms with van der Waals surface area (Å²) >= 11 is 0. The molecule has 0 heterocycles. The third-order valence-electron chi connectivity index (χ3n) is 3.44. The predicted molar refractivity (Wildman–Crippen MR) is 85.8 cm³/mol. The van der Waals surface area contributed by atoms with Crippen molar-refractivity contribution >= 4 is 23.5 Å². The molecule has 0 saturated carbocycles. The fourth-order valence-electron chi connectivity index (χ4n) is 2.20. The van der Waals surface area contributed by atoms with Gasteiger partial charge in [0.15, 0.2) is 5.92 Å². The summed E-state index contributed by atoms with van der Waals surface area (Å²) in [6.07, 6.45) is 0. The SMILES string of the molecule is CCOC(=O)C(C(=O)OCC)C(C)C(=O)N(C)c1ccccc1. The lowest BCUT2D eigenvalue weighted by molar-refractivity contribution is -0.165. The largest absolute Gasteiger partial charge is 0.465 e. The van der Waals surface area contributed by atoms with Crippen molar-refractivity contribution in [3.8, 4) is 0 Å². The zero-order chi connectivity index (χ0) is 17.4. The van der Waals surface area contributed by atoms with Crippen molar-refractivity contribution in [3.63, 3.8) is 0 Å². The number of para-hydroxylation sites is 1. The van der Waals surface area contributed by atoms with E-state index in [9.17, 15) is 14.4 Å². The van der Waals surface area contributed by atoms with Gasteiger partial charge in [0, 0.05) is 12.7 Å². The number of ether oxygens (including phenoxy) is 2. The molecule has 0 bridgehead atoms. The highest BCUT2D eigenvalue weighted by Crippen LogP contribution is 2.21. The monoisotopic (exact) mass is 321 g/mol. The van der Waals surface area contributed by atoms with Crippen molar-refractivity contribution in [2.45, 2.75) is 20.8 Å². The Bertz CT molecular complexity index is 525. The summed E-state index contributed by atoms with van der Waals surface area (Å²) in [7, 11) is 1.60. The first-order valence-corrected chi connectivity index (χ1v) is 7.59. The molecule has 0 aliphatic heterocycles. The third-order valence-corrected chi connectivity index (χ3v) is 3.44. The molecular weight excluding hydrogens is 298 g/mol. The fraction of sp³-hybridized carbons (Fsp3) is 0.471. The summed E-state index contributed by atoms with van der Waals surface area (Å²) in [6, 6.07) is 8.99. The van der Waals surface area contributed by atoms with Crippen LogP contribution in [0.3, 0.4) is 0 Å². The molecule has 1 aromatic rings. The van der Waals surface area contributed by atoms with Gasteiger partial charge in [0.2, 0.25) is 5.91 Å². The van der Waals surface area contributed by atoms with Gasteiger partial charge < -0.3 is 14.4 Å².